The van der Waals surface area contributed by atoms with Crippen molar-refractivity contribution >= 4 is 18.3 Å². The molecule has 2 aromatic rings. The minimum Gasteiger partial charge on any atom is -0.363 e. The van der Waals surface area contributed by atoms with Crippen molar-refractivity contribution < 1.29 is 9.32 Å². The Morgan fingerprint density at radius 2 is 1.96 bits per heavy atom. The highest BCUT2D eigenvalue weighted by Crippen LogP contribution is 2.27. The molecule has 1 aliphatic carbocycles. The largest absolute Gasteiger partial charge is 0.363 e. The van der Waals surface area contributed by atoms with Gasteiger partial charge in [-0.2, -0.15) is 0 Å². The van der Waals surface area contributed by atoms with Gasteiger partial charge in [-0.15, -0.1) is 12.4 Å². The summed E-state index contributed by atoms with van der Waals surface area (Å²) in [5, 5.41) is 6.96. The fourth-order valence-electron chi connectivity index (χ4n) is 3.37. The van der Waals surface area contributed by atoms with Crippen LogP contribution in [0.15, 0.2) is 41.1 Å². The van der Waals surface area contributed by atoms with Crippen molar-refractivity contribution in [2.75, 3.05) is 6.54 Å². The molecule has 0 unspecified atom stereocenters. The molecule has 1 aromatic heterocycles. The van der Waals surface area contributed by atoms with Gasteiger partial charge in [-0.25, -0.2) is 0 Å². The van der Waals surface area contributed by atoms with Crippen LogP contribution in [0.4, 0.5) is 0 Å². The Labute approximate surface area is 148 Å². The summed E-state index contributed by atoms with van der Waals surface area (Å²) in [6.45, 7) is 0.453. The summed E-state index contributed by atoms with van der Waals surface area (Å²) in [5.41, 5.74) is 7.85. The normalized spacial score (nSPS) is 16.2. The maximum atomic E-state index is 12.6. The number of nitrogens with two attached hydrogens (primary N) is 1. The summed E-state index contributed by atoms with van der Waals surface area (Å²) < 4.78 is 5.04. The molecule has 1 fully saturated rings. The molecule has 1 amide bonds. The van der Waals surface area contributed by atoms with Crippen LogP contribution in [0.1, 0.15) is 42.6 Å². The molecule has 3 rings (SSSR count). The molecular formula is C18H24ClN3O2. The Morgan fingerprint density at radius 1 is 1.25 bits per heavy atom. The number of nitrogens with zero attached hydrogens (tertiary/aromatic N) is 1. The highest BCUT2D eigenvalue weighted by atomic mass is 35.5. The van der Waals surface area contributed by atoms with E-state index in [9.17, 15) is 4.79 Å². The third-order valence-electron chi connectivity index (χ3n) is 4.66. The summed E-state index contributed by atoms with van der Waals surface area (Å²) in [6, 6.07) is 9.66. The molecule has 0 spiro atoms. The molecule has 3 N–H and O–H groups in total. The zero-order valence-electron chi connectivity index (χ0n) is 13.6. The number of carbonyl (C=O) groups excluding carboxylic acids is 1. The minimum absolute atomic E-state index is 0. The number of nitrogens with one attached hydrogen (secondary N) is 1. The van der Waals surface area contributed by atoms with Crippen molar-refractivity contribution in [3.05, 3.63) is 42.3 Å². The molecule has 24 heavy (non-hydrogen) atoms. The van der Waals surface area contributed by atoms with Gasteiger partial charge in [-0.05, 0) is 24.3 Å². The molecule has 0 bridgehead atoms. The van der Waals surface area contributed by atoms with Crippen molar-refractivity contribution in [1.82, 2.24) is 10.5 Å². The van der Waals surface area contributed by atoms with Crippen molar-refractivity contribution in [3.8, 4) is 11.1 Å². The lowest BCUT2D eigenvalue weighted by molar-refractivity contribution is 0.0907. The minimum atomic E-state index is -0.210. The molecule has 1 aliphatic rings. The van der Waals surface area contributed by atoms with Crippen LogP contribution in [-0.2, 0) is 0 Å². The molecule has 1 aromatic carbocycles. The number of amides is 1. The molecular weight excluding hydrogens is 326 g/mol. The van der Waals surface area contributed by atoms with E-state index in [-0.39, 0.29) is 24.4 Å². The van der Waals surface area contributed by atoms with Gasteiger partial charge in [0.15, 0.2) is 5.69 Å². The van der Waals surface area contributed by atoms with Gasteiger partial charge < -0.3 is 15.6 Å². The molecule has 0 radical (unpaired) electrons. The van der Waals surface area contributed by atoms with Gasteiger partial charge in [0, 0.05) is 12.6 Å². The van der Waals surface area contributed by atoms with Gasteiger partial charge in [0.2, 0.25) is 0 Å². The Morgan fingerprint density at radius 3 is 2.62 bits per heavy atom. The van der Waals surface area contributed by atoms with Crippen LogP contribution in [0.25, 0.3) is 11.1 Å². The first-order chi connectivity index (χ1) is 11.3. The van der Waals surface area contributed by atoms with Crippen LogP contribution >= 0.6 is 12.4 Å². The highest BCUT2D eigenvalue weighted by Gasteiger charge is 2.26. The summed E-state index contributed by atoms with van der Waals surface area (Å²) in [6.07, 6.45) is 7.50. The first-order valence-corrected chi connectivity index (χ1v) is 8.30. The average Bonchev–Trinajstić information content (AvgIpc) is 3.11. The van der Waals surface area contributed by atoms with Crippen LogP contribution in [0.3, 0.4) is 0 Å². The van der Waals surface area contributed by atoms with Crippen molar-refractivity contribution in [2.24, 2.45) is 11.7 Å². The second kappa shape index (κ2) is 8.85. The van der Waals surface area contributed by atoms with Gasteiger partial charge in [0.1, 0.15) is 6.26 Å². The van der Waals surface area contributed by atoms with E-state index in [1.54, 1.807) is 0 Å². The third-order valence-corrected chi connectivity index (χ3v) is 4.66. The van der Waals surface area contributed by atoms with Crippen LogP contribution in [0, 0.1) is 5.92 Å². The van der Waals surface area contributed by atoms with Gasteiger partial charge >= 0.3 is 0 Å². The number of rotatable bonds is 5. The molecule has 5 nitrogen and oxygen atoms in total. The molecule has 1 heterocycles. The summed E-state index contributed by atoms with van der Waals surface area (Å²) >= 11 is 0. The second-order valence-electron chi connectivity index (χ2n) is 6.16. The smallest absolute Gasteiger partial charge is 0.274 e. The predicted molar refractivity (Wildman–Crippen MR) is 96.1 cm³/mol. The van der Waals surface area contributed by atoms with Crippen LogP contribution in [0.5, 0.6) is 0 Å². The van der Waals surface area contributed by atoms with Gasteiger partial charge in [-0.3, -0.25) is 4.79 Å². The quantitative estimate of drug-likeness (QED) is 0.866. The summed E-state index contributed by atoms with van der Waals surface area (Å²) in [7, 11) is 0. The Kier molecular flexibility index (Phi) is 6.82. The van der Waals surface area contributed by atoms with E-state index in [4.69, 9.17) is 10.3 Å². The standard InChI is InChI=1S/C18H23N3O2.ClH/c19-11-16(14-9-5-2-6-10-14)20-18(22)17-15(12-23-21-17)13-7-3-1-4-8-13;/h1,3-4,7-8,12,14,16H,2,5-6,9-11,19H2,(H,20,22);1H/t16-;/m0./s1. The van der Waals surface area contributed by atoms with E-state index < -0.39 is 0 Å². The second-order valence-corrected chi connectivity index (χ2v) is 6.16. The zero-order valence-corrected chi connectivity index (χ0v) is 14.4. The molecule has 1 saturated carbocycles. The first-order valence-electron chi connectivity index (χ1n) is 8.30. The van der Waals surface area contributed by atoms with Crippen LogP contribution in [0.2, 0.25) is 0 Å². The van der Waals surface area contributed by atoms with Gasteiger partial charge in [0.05, 0.1) is 5.56 Å². The Hall–Kier alpha value is -1.85. The van der Waals surface area contributed by atoms with E-state index in [2.05, 4.69) is 10.5 Å². The number of carbonyl (C=O) groups is 1. The number of aromatic nitrogens is 1. The fraction of sp³-hybridized carbons (Fsp3) is 0.444. The molecule has 130 valence electrons. The number of hydrogen-bond acceptors (Lipinski definition) is 4. The first kappa shape index (κ1) is 18.5. The van der Waals surface area contributed by atoms with Gasteiger partial charge in [0.25, 0.3) is 5.91 Å². The lowest BCUT2D eigenvalue weighted by Gasteiger charge is -2.29. The molecule has 1 atom stereocenters. The van der Waals surface area contributed by atoms with Gasteiger partial charge in [-0.1, -0.05) is 54.8 Å². The number of halogens is 1. The van der Waals surface area contributed by atoms with E-state index >= 15 is 0 Å². The van der Waals surface area contributed by atoms with E-state index in [0.717, 1.165) is 18.4 Å². The lowest BCUT2D eigenvalue weighted by atomic mass is 9.84. The van der Waals surface area contributed by atoms with Crippen molar-refractivity contribution in [2.45, 2.75) is 38.1 Å². The summed E-state index contributed by atoms with van der Waals surface area (Å²) in [5.74, 6) is 0.253. The number of benzene rings is 1. The molecule has 6 heteroatoms. The van der Waals surface area contributed by atoms with E-state index in [1.165, 1.54) is 25.5 Å². The Balaban J connectivity index is 0.00000208. The monoisotopic (exact) mass is 349 g/mol. The SMILES string of the molecule is Cl.NC[C@H](NC(=O)c1nocc1-c1ccccc1)C1CCCCC1. The zero-order chi connectivity index (χ0) is 16.1. The van der Waals surface area contributed by atoms with Crippen molar-refractivity contribution in [3.63, 3.8) is 0 Å². The Bertz CT molecular complexity index is 639. The van der Waals surface area contributed by atoms with Crippen molar-refractivity contribution in [1.29, 1.82) is 0 Å². The summed E-state index contributed by atoms with van der Waals surface area (Å²) in [4.78, 5) is 12.6. The van der Waals surface area contributed by atoms with E-state index in [1.807, 2.05) is 30.3 Å². The molecule has 0 aliphatic heterocycles. The number of hydrogen-bond donors (Lipinski definition) is 2. The maximum absolute atomic E-state index is 12.6. The molecule has 0 saturated heterocycles. The maximum Gasteiger partial charge on any atom is 0.274 e. The predicted octanol–water partition coefficient (Wildman–Crippen LogP) is 3.40. The van der Waals surface area contributed by atoms with Crippen LogP contribution < -0.4 is 11.1 Å². The highest BCUT2D eigenvalue weighted by molar-refractivity contribution is 5.98. The van der Waals surface area contributed by atoms with E-state index in [0.29, 0.717) is 23.7 Å². The fourth-order valence-corrected chi connectivity index (χ4v) is 3.37. The lowest BCUT2D eigenvalue weighted by Crippen LogP contribution is -2.46. The topological polar surface area (TPSA) is 81.1 Å². The van der Waals surface area contributed by atoms with Crippen LogP contribution in [-0.4, -0.2) is 23.7 Å². The third kappa shape index (κ3) is 4.16. The average molecular weight is 350 g/mol.